The van der Waals surface area contributed by atoms with Crippen molar-refractivity contribution in [1.82, 2.24) is 25.3 Å². The van der Waals surface area contributed by atoms with E-state index in [1.165, 1.54) is 61.2 Å². The van der Waals surface area contributed by atoms with Crippen LogP contribution in [0.1, 0.15) is 106 Å². The van der Waals surface area contributed by atoms with Crippen molar-refractivity contribution < 1.29 is 29.4 Å². The van der Waals surface area contributed by atoms with Gasteiger partial charge in [-0.1, -0.05) is 123 Å². The van der Waals surface area contributed by atoms with E-state index in [-0.39, 0.29) is 61.8 Å². The monoisotopic (exact) mass is 811 g/mol. The Labute approximate surface area is 332 Å². The molecule has 0 rings (SSSR count). The number of unbranched alkanes of at least 4 members (excludes halogenated alkanes) is 6. The number of nitrogens with zero attached hydrogens (tertiary/aromatic N) is 3. The Morgan fingerprint density at radius 2 is 0.923 bits per heavy atom. The summed E-state index contributed by atoms with van der Waals surface area (Å²) in [7, 11) is 8.86. The maximum Gasteiger partial charge on any atom is 0.243 e. The van der Waals surface area contributed by atoms with Crippen LogP contribution in [0.25, 0.3) is 0 Å². The second kappa shape index (κ2) is 33.5. The summed E-state index contributed by atoms with van der Waals surface area (Å²) < 4.78 is 0. The van der Waals surface area contributed by atoms with Gasteiger partial charge in [-0.25, -0.2) is 0 Å². The van der Waals surface area contributed by atoms with E-state index >= 15 is 0 Å². The molecule has 2 unspecified atom stereocenters. The molecule has 15 heteroatoms. The minimum Gasteiger partial charge on any atom is -0.395 e. The van der Waals surface area contributed by atoms with Crippen LogP contribution >= 0.6 is 43.2 Å². The molecule has 4 amide bonds. The Hall–Kier alpha value is -0.840. The quantitative estimate of drug-likeness (QED) is 0.0481. The maximum absolute atomic E-state index is 13.3. The Kier molecular flexibility index (Phi) is 33.0. The second-order valence-electron chi connectivity index (χ2n) is 13.8. The van der Waals surface area contributed by atoms with Crippen LogP contribution in [-0.4, -0.2) is 143 Å². The molecule has 0 aliphatic carbocycles. The van der Waals surface area contributed by atoms with E-state index < -0.39 is 12.1 Å². The van der Waals surface area contributed by atoms with Crippen molar-refractivity contribution in [2.75, 3.05) is 82.5 Å². The average Bonchev–Trinajstić information content (AvgIpc) is 3.09. The van der Waals surface area contributed by atoms with E-state index in [1.807, 2.05) is 39.6 Å². The summed E-state index contributed by atoms with van der Waals surface area (Å²) in [5, 5.41) is 25.4. The summed E-state index contributed by atoms with van der Waals surface area (Å²) in [5.74, 6) is 2.47. The van der Waals surface area contributed by atoms with Gasteiger partial charge >= 0.3 is 0 Å². The van der Waals surface area contributed by atoms with E-state index in [2.05, 4.69) is 24.5 Å². The van der Waals surface area contributed by atoms with E-state index in [1.54, 1.807) is 43.2 Å². The third-order valence-corrected chi connectivity index (χ3v) is 13.5. The fraction of sp³-hybridized carbons (Fsp3) is 0.892. The highest BCUT2D eigenvalue weighted by molar-refractivity contribution is 8.77. The molecule has 0 spiro atoms. The van der Waals surface area contributed by atoms with Gasteiger partial charge in [0.1, 0.15) is 12.1 Å². The lowest BCUT2D eigenvalue weighted by molar-refractivity contribution is -0.142. The van der Waals surface area contributed by atoms with Crippen molar-refractivity contribution in [3.05, 3.63) is 0 Å². The highest BCUT2D eigenvalue weighted by Gasteiger charge is 2.33. The number of carbonyl (C=O) groups is 4. The number of likely N-dealkylation sites (N-methyl/N-ethyl adjacent to an activating group) is 1. The van der Waals surface area contributed by atoms with Gasteiger partial charge in [-0.15, -0.1) is 0 Å². The van der Waals surface area contributed by atoms with Gasteiger partial charge in [-0.2, -0.15) is 0 Å². The van der Waals surface area contributed by atoms with Gasteiger partial charge in [0, 0.05) is 75.1 Å². The van der Waals surface area contributed by atoms with Gasteiger partial charge in [-0.3, -0.25) is 19.2 Å². The number of nitrogens with one attached hydrogen (secondary N) is 2. The number of amides is 4. The average molecular weight is 812 g/mol. The molecular weight excluding hydrogens is 739 g/mol. The second-order valence-corrected chi connectivity index (χ2v) is 19.2. The van der Waals surface area contributed by atoms with E-state index in [4.69, 9.17) is 0 Å². The fourth-order valence-electron chi connectivity index (χ4n) is 5.68. The van der Waals surface area contributed by atoms with E-state index in [0.29, 0.717) is 50.5 Å². The Balaban J connectivity index is 4.86. The van der Waals surface area contributed by atoms with Gasteiger partial charge in [0.2, 0.25) is 23.6 Å². The zero-order valence-electron chi connectivity index (χ0n) is 33.4. The molecule has 52 heavy (non-hydrogen) atoms. The lowest BCUT2D eigenvalue weighted by Gasteiger charge is -2.33. The van der Waals surface area contributed by atoms with Crippen molar-refractivity contribution in [3.8, 4) is 0 Å². The van der Waals surface area contributed by atoms with Gasteiger partial charge < -0.3 is 35.5 Å². The third kappa shape index (κ3) is 23.8. The maximum atomic E-state index is 13.3. The lowest BCUT2D eigenvalue weighted by Crippen LogP contribution is -2.54. The van der Waals surface area contributed by atoms with Crippen molar-refractivity contribution in [2.45, 2.75) is 118 Å². The topological polar surface area (TPSA) is 143 Å². The first-order valence-electron chi connectivity index (χ1n) is 19.5. The molecule has 4 N–H and O–H groups in total. The van der Waals surface area contributed by atoms with Gasteiger partial charge in [0.15, 0.2) is 0 Å². The van der Waals surface area contributed by atoms with Crippen LogP contribution in [0.4, 0.5) is 0 Å². The number of aliphatic hydroxyl groups excluding tert-OH is 2. The summed E-state index contributed by atoms with van der Waals surface area (Å²) >= 11 is 0. The Morgan fingerprint density at radius 3 is 1.25 bits per heavy atom. The Morgan fingerprint density at radius 1 is 0.558 bits per heavy atom. The lowest BCUT2D eigenvalue weighted by atomic mass is 10.0. The molecule has 0 heterocycles. The molecule has 306 valence electrons. The first kappa shape index (κ1) is 51.2. The molecule has 0 aliphatic rings. The Bertz CT molecular complexity index is 880. The summed E-state index contributed by atoms with van der Waals surface area (Å²) in [5.41, 5.74) is 0. The molecule has 2 atom stereocenters. The van der Waals surface area contributed by atoms with E-state index in [9.17, 15) is 29.4 Å². The minimum atomic E-state index is -0.679. The molecule has 0 saturated heterocycles. The molecular formula is C37H73N5O6S4. The summed E-state index contributed by atoms with van der Waals surface area (Å²) in [6.45, 7) is 13.6. The van der Waals surface area contributed by atoms with Crippen LogP contribution in [-0.2, 0) is 19.2 Å². The molecule has 0 aromatic rings. The number of hydrogen-bond acceptors (Lipinski definition) is 11. The fourth-order valence-corrected chi connectivity index (χ4v) is 9.93. The molecule has 0 aromatic heterocycles. The SMILES string of the molecule is CCCCCCSSCCC(=O)N(CCO)C(C(=O)NCCN(C)CCNC(=O)C(C(C)C)N(CCO)C(=O)CCSSCCCCCC)C(C)C. The van der Waals surface area contributed by atoms with Crippen molar-refractivity contribution in [3.63, 3.8) is 0 Å². The molecule has 0 saturated carbocycles. The molecule has 0 bridgehead atoms. The summed E-state index contributed by atoms with van der Waals surface area (Å²) in [6, 6.07) is -1.36. The predicted octanol–water partition coefficient (Wildman–Crippen LogP) is 5.55. The highest BCUT2D eigenvalue weighted by atomic mass is 33.1. The first-order chi connectivity index (χ1) is 25.0. The van der Waals surface area contributed by atoms with Crippen molar-refractivity contribution in [2.24, 2.45) is 11.8 Å². The predicted molar refractivity (Wildman–Crippen MR) is 226 cm³/mol. The number of aliphatic hydroxyl groups is 2. The zero-order valence-corrected chi connectivity index (χ0v) is 36.6. The van der Waals surface area contributed by atoms with Gasteiger partial charge in [0.25, 0.3) is 0 Å². The summed E-state index contributed by atoms with van der Waals surface area (Å²) in [6.07, 6.45) is 10.4. The van der Waals surface area contributed by atoms with Crippen molar-refractivity contribution >= 4 is 66.8 Å². The largest absolute Gasteiger partial charge is 0.395 e. The first-order valence-corrected chi connectivity index (χ1v) is 24.5. The van der Waals surface area contributed by atoms with E-state index in [0.717, 1.165) is 11.5 Å². The third-order valence-electron chi connectivity index (χ3n) is 8.51. The standard InChI is InChI=1S/C37H73N5O6S4/c1-8-10-12-14-26-49-51-28-16-32(45)41(22-24-43)34(30(3)4)36(47)38-18-20-40(7)21-19-39-37(48)35(31(5)6)42(23-25-44)33(46)17-29-52-50-27-15-13-11-9-2/h30-31,34-35,43-44H,8-29H2,1-7H3,(H,38,47)(H,39,48). The number of rotatable bonds is 34. The molecule has 0 fully saturated rings. The van der Waals surface area contributed by atoms with Gasteiger partial charge in [-0.05, 0) is 31.7 Å². The van der Waals surface area contributed by atoms with Crippen LogP contribution < -0.4 is 10.6 Å². The van der Waals surface area contributed by atoms with Crippen molar-refractivity contribution in [1.29, 1.82) is 0 Å². The number of hydrogen-bond donors (Lipinski definition) is 4. The van der Waals surface area contributed by atoms with Crippen LogP contribution in [0.2, 0.25) is 0 Å². The molecule has 0 radical (unpaired) electrons. The molecule has 0 aromatic carbocycles. The molecule has 0 aliphatic heterocycles. The van der Waals surface area contributed by atoms with Crippen LogP contribution in [0, 0.1) is 11.8 Å². The normalized spacial score (nSPS) is 12.7. The number of carbonyl (C=O) groups excluding carboxylic acids is 4. The van der Waals surface area contributed by atoms with Crippen LogP contribution in [0.15, 0.2) is 0 Å². The van der Waals surface area contributed by atoms with Gasteiger partial charge in [0.05, 0.1) is 13.2 Å². The minimum absolute atomic E-state index is 0.111. The van der Waals surface area contributed by atoms with Crippen LogP contribution in [0.5, 0.6) is 0 Å². The summed E-state index contributed by atoms with van der Waals surface area (Å²) in [4.78, 5) is 58.0. The van der Waals surface area contributed by atoms with Crippen LogP contribution in [0.3, 0.4) is 0 Å². The molecule has 11 nitrogen and oxygen atoms in total. The zero-order chi connectivity index (χ0) is 39.1. The smallest absolute Gasteiger partial charge is 0.243 e. The highest BCUT2D eigenvalue weighted by Crippen LogP contribution is 2.26.